The Bertz CT molecular complexity index is 590. The van der Waals surface area contributed by atoms with Crippen molar-refractivity contribution in [2.24, 2.45) is 0 Å². The van der Waals surface area contributed by atoms with Crippen LogP contribution in [0, 0.1) is 0 Å². The van der Waals surface area contributed by atoms with Crippen LogP contribution in [0.2, 0.25) is 0 Å². The molecule has 0 unspecified atom stereocenters. The summed E-state index contributed by atoms with van der Waals surface area (Å²) in [6.07, 6.45) is 2.29. The number of aromatic nitrogens is 1. The molecule has 0 bridgehead atoms. The lowest BCUT2D eigenvalue weighted by Crippen LogP contribution is -2.49. The third-order valence-corrected chi connectivity index (χ3v) is 4.74. The van der Waals surface area contributed by atoms with Crippen LogP contribution in [-0.4, -0.2) is 42.0 Å². The van der Waals surface area contributed by atoms with E-state index in [0.717, 1.165) is 41.8 Å². The van der Waals surface area contributed by atoms with E-state index in [2.05, 4.69) is 22.5 Å². The Hall–Kier alpha value is -1.53. The van der Waals surface area contributed by atoms with Gasteiger partial charge in [-0.05, 0) is 17.7 Å². The summed E-state index contributed by atoms with van der Waals surface area (Å²) in [7, 11) is 0. The molecule has 0 saturated carbocycles. The number of benzene rings is 1. The van der Waals surface area contributed by atoms with E-state index >= 15 is 0 Å². The van der Waals surface area contributed by atoms with Crippen molar-refractivity contribution in [3.63, 3.8) is 0 Å². The summed E-state index contributed by atoms with van der Waals surface area (Å²) >= 11 is 5.90. The van der Waals surface area contributed by atoms with Gasteiger partial charge in [0.2, 0.25) is 5.91 Å². The number of carbonyl (C=O) groups excluding carboxylic acids is 1. The molecule has 110 valence electrons. The Morgan fingerprint density at radius 2 is 1.90 bits per heavy atom. The smallest absolute Gasteiger partial charge is 0.227 e. The number of carbonyl (C=O) groups is 1. The Morgan fingerprint density at radius 3 is 2.52 bits per heavy atom. The second kappa shape index (κ2) is 6.49. The molecule has 6 heteroatoms. The van der Waals surface area contributed by atoms with Crippen molar-refractivity contribution in [1.82, 2.24) is 9.88 Å². The molecule has 2 aromatic rings. The van der Waals surface area contributed by atoms with Crippen LogP contribution < -0.4 is 4.90 Å². The lowest BCUT2D eigenvalue weighted by Gasteiger charge is -2.34. The Labute approximate surface area is 133 Å². The van der Waals surface area contributed by atoms with E-state index in [1.165, 1.54) is 0 Å². The molecule has 0 spiro atoms. The van der Waals surface area contributed by atoms with Crippen LogP contribution in [0.25, 0.3) is 0 Å². The third-order valence-electron chi connectivity index (χ3n) is 3.61. The maximum atomic E-state index is 12.3. The second-order valence-corrected chi connectivity index (χ2v) is 6.42. The van der Waals surface area contributed by atoms with Gasteiger partial charge in [-0.1, -0.05) is 12.1 Å². The van der Waals surface area contributed by atoms with Crippen LogP contribution in [0.3, 0.4) is 0 Å². The molecule has 0 aliphatic carbocycles. The average molecular weight is 319 g/mol. The molecule has 21 heavy (non-hydrogen) atoms. The highest BCUT2D eigenvalue weighted by Gasteiger charge is 2.22. The van der Waals surface area contributed by atoms with Gasteiger partial charge in [0.15, 0.2) is 5.13 Å². The van der Waals surface area contributed by atoms with Crippen molar-refractivity contribution in [1.29, 1.82) is 0 Å². The van der Waals surface area contributed by atoms with E-state index in [0.29, 0.717) is 6.42 Å². The van der Waals surface area contributed by atoms with E-state index in [-0.39, 0.29) is 5.91 Å². The first kappa shape index (κ1) is 14.4. The number of rotatable bonds is 3. The number of hydrogen-bond acceptors (Lipinski definition) is 5. The van der Waals surface area contributed by atoms with Gasteiger partial charge >= 0.3 is 0 Å². The lowest BCUT2D eigenvalue weighted by atomic mass is 10.1. The molecular formula is C15H17N3OS2. The second-order valence-electron chi connectivity index (χ2n) is 5.03. The molecule has 1 saturated heterocycles. The van der Waals surface area contributed by atoms with Gasteiger partial charge < -0.3 is 9.80 Å². The van der Waals surface area contributed by atoms with Crippen molar-refractivity contribution < 1.29 is 4.79 Å². The summed E-state index contributed by atoms with van der Waals surface area (Å²) in [6.45, 7) is 3.25. The van der Waals surface area contributed by atoms with Crippen molar-refractivity contribution in [2.75, 3.05) is 31.1 Å². The molecule has 1 amide bonds. The van der Waals surface area contributed by atoms with Crippen LogP contribution in [0.5, 0.6) is 0 Å². The number of thiazole rings is 1. The maximum Gasteiger partial charge on any atom is 0.227 e. The zero-order valence-corrected chi connectivity index (χ0v) is 13.3. The fourth-order valence-corrected chi connectivity index (χ4v) is 3.27. The lowest BCUT2D eigenvalue weighted by molar-refractivity contribution is -0.130. The SMILES string of the molecule is O=C(Cc1ccc(S)cc1)N1CCN(c2nccs2)CC1. The summed E-state index contributed by atoms with van der Waals surface area (Å²) < 4.78 is 0. The summed E-state index contributed by atoms with van der Waals surface area (Å²) in [6, 6.07) is 7.77. The van der Waals surface area contributed by atoms with E-state index < -0.39 is 0 Å². The van der Waals surface area contributed by atoms with Crippen LogP contribution in [0.15, 0.2) is 40.7 Å². The molecular weight excluding hydrogens is 302 g/mol. The fourth-order valence-electron chi connectivity index (χ4n) is 2.42. The number of hydrogen-bond donors (Lipinski definition) is 1. The average Bonchev–Trinajstić information content (AvgIpc) is 3.04. The first-order valence-corrected chi connectivity index (χ1v) is 8.25. The van der Waals surface area contributed by atoms with Crippen LogP contribution in [0.4, 0.5) is 5.13 Å². The molecule has 4 nitrogen and oxygen atoms in total. The molecule has 0 radical (unpaired) electrons. The predicted octanol–water partition coefficient (Wildman–Crippen LogP) is 2.32. The van der Waals surface area contributed by atoms with Crippen molar-refractivity contribution in [3.8, 4) is 0 Å². The number of thiol groups is 1. The van der Waals surface area contributed by atoms with E-state index in [4.69, 9.17) is 0 Å². The maximum absolute atomic E-state index is 12.3. The first-order valence-electron chi connectivity index (χ1n) is 6.92. The normalized spacial score (nSPS) is 15.3. The Kier molecular flexibility index (Phi) is 4.45. The highest BCUT2D eigenvalue weighted by Crippen LogP contribution is 2.19. The fraction of sp³-hybridized carbons (Fsp3) is 0.333. The molecule has 2 heterocycles. The van der Waals surface area contributed by atoms with Gasteiger partial charge in [0.25, 0.3) is 0 Å². The predicted molar refractivity (Wildman–Crippen MR) is 88.3 cm³/mol. The Morgan fingerprint density at radius 1 is 1.19 bits per heavy atom. The topological polar surface area (TPSA) is 36.4 Å². The van der Waals surface area contributed by atoms with Crippen molar-refractivity contribution in [3.05, 3.63) is 41.4 Å². The quantitative estimate of drug-likeness (QED) is 0.882. The van der Waals surface area contributed by atoms with Crippen LogP contribution in [-0.2, 0) is 11.2 Å². The minimum Gasteiger partial charge on any atom is -0.345 e. The van der Waals surface area contributed by atoms with Gasteiger partial charge in [-0.2, -0.15) is 0 Å². The number of piperazine rings is 1. The van der Waals surface area contributed by atoms with Gasteiger partial charge in [0.05, 0.1) is 6.42 Å². The number of amides is 1. The van der Waals surface area contributed by atoms with E-state index in [1.807, 2.05) is 40.7 Å². The molecule has 3 rings (SSSR count). The van der Waals surface area contributed by atoms with Gasteiger partial charge in [-0.3, -0.25) is 4.79 Å². The highest BCUT2D eigenvalue weighted by atomic mass is 32.1. The summed E-state index contributed by atoms with van der Waals surface area (Å²) in [5.41, 5.74) is 1.04. The molecule has 1 aromatic carbocycles. The molecule has 1 aliphatic heterocycles. The third kappa shape index (κ3) is 3.57. The zero-order valence-electron chi connectivity index (χ0n) is 11.6. The highest BCUT2D eigenvalue weighted by molar-refractivity contribution is 7.80. The number of anilines is 1. The first-order chi connectivity index (χ1) is 10.2. The minimum atomic E-state index is 0.195. The number of nitrogens with zero attached hydrogens (tertiary/aromatic N) is 3. The zero-order chi connectivity index (χ0) is 14.7. The minimum absolute atomic E-state index is 0.195. The Balaban J connectivity index is 1.54. The standard InChI is InChI=1S/C15H17N3OS2/c19-14(11-12-1-3-13(20)4-2-12)17-6-8-18(9-7-17)15-16-5-10-21-15/h1-5,10,20H,6-9,11H2. The molecule has 0 atom stereocenters. The summed E-state index contributed by atoms with van der Waals surface area (Å²) in [5.74, 6) is 0.195. The van der Waals surface area contributed by atoms with Gasteiger partial charge in [0, 0.05) is 42.7 Å². The van der Waals surface area contributed by atoms with Crippen molar-refractivity contribution >= 4 is 35.0 Å². The summed E-state index contributed by atoms with van der Waals surface area (Å²) in [4.78, 5) is 21.7. The van der Waals surface area contributed by atoms with Crippen LogP contribution in [0.1, 0.15) is 5.56 Å². The van der Waals surface area contributed by atoms with E-state index in [1.54, 1.807) is 11.3 Å². The van der Waals surface area contributed by atoms with Crippen molar-refractivity contribution in [2.45, 2.75) is 11.3 Å². The monoisotopic (exact) mass is 319 g/mol. The van der Waals surface area contributed by atoms with E-state index in [9.17, 15) is 4.79 Å². The van der Waals surface area contributed by atoms with Crippen LogP contribution >= 0.6 is 24.0 Å². The molecule has 0 N–H and O–H groups in total. The molecule has 1 fully saturated rings. The van der Waals surface area contributed by atoms with Gasteiger partial charge in [0.1, 0.15) is 0 Å². The molecule has 1 aliphatic rings. The molecule has 1 aromatic heterocycles. The van der Waals surface area contributed by atoms with Gasteiger partial charge in [-0.25, -0.2) is 4.98 Å². The van der Waals surface area contributed by atoms with Gasteiger partial charge in [-0.15, -0.1) is 24.0 Å². The summed E-state index contributed by atoms with van der Waals surface area (Å²) in [5, 5.41) is 3.03. The largest absolute Gasteiger partial charge is 0.345 e.